The van der Waals surface area contributed by atoms with Crippen molar-refractivity contribution in [1.29, 1.82) is 5.26 Å². The molecular formula is C28H30N4O6. The zero-order valence-corrected chi connectivity index (χ0v) is 22.2. The number of nitro groups is 1. The number of allylic oxidation sites excluding steroid dienone is 3. The van der Waals surface area contributed by atoms with E-state index in [2.05, 4.69) is 6.07 Å². The fraction of sp³-hybridized carbons (Fsp3) is 0.357. The van der Waals surface area contributed by atoms with Gasteiger partial charge in [-0.05, 0) is 30.4 Å². The Balaban J connectivity index is 2.08. The quantitative estimate of drug-likeness (QED) is 0.419. The Bertz CT molecular complexity index is 1450. The summed E-state index contributed by atoms with van der Waals surface area (Å²) in [4.78, 5) is 26.6. The van der Waals surface area contributed by atoms with Gasteiger partial charge in [0.05, 0.1) is 49.5 Å². The van der Waals surface area contributed by atoms with Gasteiger partial charge in [-0.1, -0.05) is 26.0 Å². The first kappa shape index (κ1) is 26.5. The Hall–Kier alpha value is -4.52. The second-order valence-corrected chi connectivity index (χ2v) is 10.1. The first-order valence-electron chi connectivity index (χ1n) is 12.0. The third kappa shape index (κ3) is 4.20. The summed E-state index contributed by atoms with van der Waals surface area (Å²) in [6, 6.07) is 10.1. The van der Waals surface area contributed by atoms with Crippen molar-refractivity contribution in [2.45, 2.75) is 39.5 Å². The predicted molar refractivity (Wildman–Crippen MR) is 141 cm³/mol. The molecule has 1 aliphatic heterocycles. The molecule has 4 rings (SSSR count). The first-order valence-corrected chi connectivity index (χ1v) is 12.0. The highest BCUT2D eigenvalue weighted by molar-refractivity contribution is 6.02. The van der Waals surface area contributed by atoms with Crippen LogP contribution in [0.4, 0.5) is 11.4 Å². The van der Waals surface area contributed by atoms with E-state index in [0.29, 0.717) is 51.8 Å². The van der Waals surface area contributed by atoms with E-state index in [-0.39, 0.29) is 29.3 Å². The third-order valence-electron chi connectivity index (χ3n) is 7.07. The molecule has 38 heavy (non-hydrogen) atoms. The lowest BCUT2D eigenvalue weighted by molar-refractivity contribution is -0.384. The van der Waals surface area contributed by atoms with Gasteiger partial charge in [0.25, 0.3) is 5.69 Å². The van der Waals surface area contributed by atoms with Crippen LogP contribution in [0.1, 0.15) is 43.7 Å². The largest absolute Gasteiger partial charge is 0.493 e. The number of hydrogen-bond donors (Lipinski definition) is 1. The van der Waals surface area contributed by atoms with Crippen LogP contribution >= 0.6 is 0 Å². The van der Waals surface area contributed by atoms with E-state index in [1.807, 2.05) is 13.8 Å². The Morgan fingerprint density at radius 3 is 2.37 bits per heavy atom. The fourth-order valence-electron chi connectivity index (χ4n) is 5.40. The standard InChI is InChI=1S/C28H30N4O6/c1-15-7-8-16(32(34)35)11-19(15)31-20-12-28(2,3)13-21(33)24(20)23(18(14-29)27(31)30)17-9-10-22(36-4)26(38-6)25(17)37-5/h7-11,23H,12-13,30H2,1-6H3/t23-/m1/s1. The van der Waals surface area contributed by atoms with Crippen LogP contribution < -0.4 is 24.8 Å². The molecule has 0 amide bonds. The average molecular weight is 519 g/mol. The van der Waals surface area contributed by atoms with Gasteiger partial charge in [0, 0.05) is 35.4 Å². The molecule has 0 bridgehead atoms. The number of nitrogens with zero attached hydrogens (tertiary/aromatic N) is 3. The lowest BCUT2D eigenvalue weighted by Crippen LogP contribution is -2.42. The number of carbonyl (C=O) groups excluding carboxylic acids is 1. The van der Waals surface area contributed by atoms with E-state index < -0.39 is 16.3 Å². The highest BCUT2D eigenvalue weighted by Gasteiger charge is 2.46. The number of Topliss-reactive ketones (excluding diaryl/α,β-unsaturated/α-hetero) is 1. The zero-order chi connectivity index (χ0) is 27.9. The fourth-order valence-corrected chi connectivity index (χ4v) is 5.40. The molecule has 1 heterocycles. The van der Waals surface area contributed by atoms with Crippen molar-refractivity contribution in [3.8, 4) is 23.3 Å². The Morgan fingerprint density at radius 2 is 1.79 bits per heavy atom. The minimum absolute atomic E-state index is 0.0992. The number of anilines is 1. The zero-order valence-electron chi connectivity index (χ0n) is 22.2. The van der Waals surface area contributed by atoms with Crippen LogP contribution in [0.25, 0.3) is 0 Å². The number of hydrogen-bond acceptors (Lipinski definition) is 9. The first-order chi connectivity index (χ1) is 18.0. The van der Waals surface area contributed by atoms with Gasteiger partial charge in [0.1, 0.15) is 5.82 Å². The Kier molecular flexibility index (Phi) is 6.80. The van der Waals surface area contributed by atoms with Gasteiger partial charge in [-0.15, -0.1) is 0 Å². The van der Waals surface area contributed by atoms with E-state index in [1.54, 1.807) is 30.0 Å². The lowest BCUT2D eigenvalue weighted by Gasteiger charge is -2.44. The number of ketones is 1. The summed E-state index contributed by atoms with van der Waals surface area (Å²) >= 11 is 0. The minimum Gasteiger partial charge on any atom is -0.493 e. The number of nitrogens with two attached hydrogens (primary N) is 1. The third-order valence-corrected chi connectivity index (χ3v) is 7.07. The molecule has 2 aliphatic rings. The molecule has 0 aromatic heterocycles. The van der Waals surface area contributed by atoms with Gasteiger partial charge in [0.15, 0.2) is 17.3 Å². The van der Waals surface area contributed by atoms with Crippen molar-refractivity contribution in [2.24, 2.45) is 11.1 Å². The maximum absolute atomic E-state index is 13.8. The molecule has 10 nitrogen and oxygen atoms in total. The summed E-state index contributed by atoms with van der Waals surface area (Å²) in [7, 11) is 4.46. The van der Waals surface area contributed by atoms with Gasteiger partial charge in [-0.2, -0.15) is 5.26 Å². The maximum atomic E-state index is 13.8. The number of benzene rings is 2. The smallest absolute Gasteiger partial charge is 0.271 e. The number of nitriles is 1. The Morgan fingerprint density at radius 1 is 1.11 bits per heavy atom. The summed E-state index contributed by atoms with van der Waals surface area (Å²) in [6.07, 6.45) is 0.722. The van der Waals surface area contributed by atoms with E-state index in [4.69, 9.17) is 19.9 Å². The molecule has 0 unspecified atom stereocenters. The van der Waals surface area contributed by atoms with Gasteiger partial charge < -0.3 is 19.9 Å². The summed E-state index contributed by atoms with van der Waals surface area (Å²) in [5.74, 6) is 0.212. The Labute approximate surface area is 221 Å². The summed E-state index contributed by atoms with van der Waals surface area (Å²) in [5.41, 5.74) is 9.02. The molecular weight excluding hydrogens is 488 g/mol. The van der Waals surface area contributed by atoms with Crippen molar-refractivity contribution in [1.82, 2.24) is 0 Å². The van der Waals surface area contributed by atoms with Crippen LogP contribution in [0.15, 0.2) is 53.0 Å². The van der Waals surface area contributed by atoms with Crippen LogP contribution in [0.2, 0.25) is 0 Å². The van der Waals surface area contributed by atoms with E-state index >= 15 is 0 Å². The number of methoxy groups -OCH3 is 3. The predicted octanol–water partition coefficient (Wildman–Crippen LogP) is 4.87. The van der Waals surface area contributed by atoms with Gasteiger partial charge >= 0.3 is 0 Å². The SMILES string of the molecule is COc1ccc([C@@H]2C(C#N)=C(N)N(c3cc([N+](=O)[O-])ccc3C)C3=C2C(=O)CC(C)(C)C3)c(OC)c1OC. The van der Waals surface area contributed by atoms with Crippen molar-refractivity contribution < 1.29 is 23.9 Å². The maximum Gasteiger partial charge on any atom is 0.271 e. The van der Waals surface area contributed by atoms with Crippen LogP contribution in [-0.4, -0.2) is 32.0 Å². The number of nitro benzene ring substituents is 1. The van der Waals surface area contributed by atoms with Crippen LogP contribution in [0, 0.1) is 33.8 Å². The average Bonchev–Trinajstić information content (AvgIpc) is 2.86. The number of rotatable bonds is 6. The lowest BCUT2D eigenvalue weighted by atomic mass is 9.68. The van der Waals surface area contributed by atoms with Crippen LogP contribution in [0.3, 0.4) is 0 Å². The normalized spacial score (nSPS) is 18.6. The van der Waals surface area contributed by atoms with E-state index in [1.165, 1.54) is 33.5 Å². The van der Waals surface area contributed by atoms with E-state index in [9.17, 15) is 20.2 Å². The minimum atomic E-state index is -0.830. The molecule has 10 heteroatoms. The number of ether oxygens (including phenoxy) is 3. The summed E-state index contributed by atoms with van der Waals surface area (Å²) in [6.45, 7) is 5.77. The molecule has 2 N–H and O–H groups in total. The van der Waals surface area contributed by atoms with Gasteiger partial charge in [-0.3, -0.25) is 19.8 Å². The molecule has 2 aromatic rings. The number of non-ortho nitro benzene ring substituents is 1. The number of carbonyl (C=O) groups is 1. The van der Waals surface area contributed by atoms with Crippen molar-refractivity contribution in [3.63, 3.8) is 0 Å². The molecule has 0 spiro atoms. The molecule has 2 aromatic carbocycles. The topological polar surface area (TPSA) is 141 Å². The van der Waals surface area contributed by atoms with Crippen molar-refractivity contribution in [3.05, 3.63) is 74.2 Å². The molecule has 0 radical (unpaired) electrons. The molecule has 0 saturated carbocycles. The second-order valence-electron chi connectivity index (χ2n) is 10.1. The molecule has 1 atom stereocenters. The highest BCUT2D eigenvalue weighted by Crippen LogP contribution is 2.54. The van der Waals surface area contributed by atoms with Gasteiger partial charge in [0.2, 0.25) is 5.75 Å². The number of aryl methyl sites for hydroxylation is 1. The van der Waals surface area contributed by atoms with Crippen molar-refractivity contribution >= 4 is 17.2 Å². The molecule has 198 valence electrons. The van der Waals surface area contributed by atoms with Crippen LogP contribution in [-0.2, 0) is 4.79 Å². The summed E-state index contributed by atoms with van der Waals surface area (Å²) < 4.78 is 16.7. The summed E-state index contributed by atoms with van der Waals surface area (Å²) in [5, 5.41) is 22.0. The van der Waals surface area contributed by atoms with Crippen LogP contribution in [0.5, 0.6) is 17.2 Å². The molecule has 0 saturated heterocycles. The van der Waals surface area contributed by atoms with Crippen molar-refractivity contribution in [2.75, 3.05) is 26.2 Å². The van der Waals surface area contributed by atoms with E-state index in [0.717, 1.165) is 0 Å². The monoisotopic (exact) mass is 518 g/mol. The molecule has 1 aliphatic carbocycles. The highest BCUT2D eigenvalue weighted by atomic mass is 16.6. The second kappa shape index (κ2) is 9.74. The molecule has 0 fully saturated rings. The van der Waals surface area contributed by atoms with Gasteiger partial charge in [-0.25, -0.2) is 0 Å².